The van der Waals surface area contributed by atoms with Crippen LogP contribution in [0.25, 0.3) is 11.1 Å². The van der Waals surface area contributed by atoms with Gasteiger partial charge in [0.15, 0.2) is 0 Å². The van der Waals surface area contributed by atoms with Gasteiger partial charge >= 0.3 is 144 Å². The van der Waals surface area contributed by atoms with Gasteiger partial charge < -0.3 is 0 Å². The fraction of sp³-hybridized carbons (Fsp3) is 0.0588. The Hall–Kier alpha value is -0.444. The molecule has 2 aromatic rings. The molecule has 0 nitrogen and oxygen atoms in total. The molecule has 0 saturated heterocycles. The molecule has 1 atom stereocenters. The molecule has 1 unspecified atom stereocenters. The van der Waals surface area contributed by atoms with Crippen LogP contribution in [-0.4, -0.2) is 49.0 Å². The van der Waals surface area contributed by atoms with Gasteiger partial charge in [0.1, 0.15) is 0 Å². The minimum absolute atomic E-state index is 0.676. The summed E-state index contributed by atoms with van der Waals surface area (Å²) in [6, 6.07) is 21.5. The fourth-order valence-corrected chi connectivity index (χ4v) is 3.88. The van der Waals surface area contributed by atoms with Crippen molar-refractivity contribution in [1.29, 1.82) is 0 Å². The molecule has 0 aliphatic heterocycles. The van der Waals surface area contributed by atoms with Crippen LogP contribution in [0, 0.1) is 0 Å². The van der Waals surface area contributed by atoms with Crippen LogP contribution in [0.1, 0.15) is 11.1 Å². The summed E-state index contributed by atoms with van der Waals surface area (Å²) in [5.41, 5.74) is 5.63. The summed E-state index contributed by atoms with van der Waals surface area (Å²) < 4.78 is 0.676. The number of rotatable bonds is 2. The first-order valence-corrected chi connectivity index (χ1v) is 8.20. The van der Waals surface area contributed by atoms with E-state index in [-0.39, 0.29) is 0 Å². The van der Waals surface area contributed by atoms with Crippen LogP contribution in [-0.2, 0) is 0 Å². The second kappa shape index (κ2) is 5.68. The van der Waals surface area contributed by atoms with E-state index in [0.29, 0.717) is 0.0125 Å². The Kier molecular flexibility index (Phi) is 3.97. The number of hydrogen-bond donors (Lipinski definition) is 0. The summed E-state index contributed by atoms with van der Waals surface area (Å²) in [4.78, 5) is 0. The van der Waals surface area contributed by atoms with Crippen molar-refractivity contribution in [2.45, 2.75) is 0.0125 Å². The van der Waals surface area contributed by atoms with Crippen molar-refractivity contribution in [1.82, 2.24) is 0 Å². The van der Waals surface area contributed by atoms with E-state index in [1.54, 1.807) is 0 Å². The summed E-state index contributed by atoms with van der Waals surface area (Å²) in [7, 11) is 0. The third kappa shape index (κ3) is 2.47. The predicted octanol–water partition coefficient (Wildman–Crippen LogP) is 4.12. The first kappa shape index (κ1) is 12.6. The number of hydrogen-bond acceptors (Lipinski definition) is 0. The van der Waals surface area contributed by atoms with E-state index in [9.17, 15) is 0 Å². The Labute approximate surface area is 142 Å². The van der Waals surface area contributed by atoms with Gasteiger partial charge in [-0.3, -0.25) is 0 Å². The normalized spacial score (nSPS) is 18.4. The molecule has 3 rings (SSSR count). The van der Waals surface area contributed by atoms with E-state index < -0.39 is 0 Å². The SMILES string of the molecule is [K][CH]1C=CC(c2ccccc2)=C1c1ccccc1. The van der Waals surface area contributed by atoms with Gasteiger partial charge in [-0.05, 0) is 0 Å². The molecule has 1 aliphatic carbocycles. The Bertz CT molecular complexity index is 594. The Morgan fingerprint density at radius 2 is 1.28 bits per heavy atom. The van der Waals surface area contributed by atoms with Gasteiger partial charge in [0.05, 0.1) is 0 Å². The molecule has 0 heterocycles. The Balaban J connectivity index is 2.15. The average Bonchev–Trinajstić information content (AvgIpc) is 2.83. The standard InChI is InChI=1S/C17H13.K/c1-3-8-14(9-4-1)16-12-7-13-17(16)15-10-5-2-6-11-15;/h1-13H;. The summed E-state index contributed by atoms with van der Waals surface area (Å²) in [5.74, 6) is 0. The van der Waals surface area contributed by atoms with E-state index in [4.69, 9.17) is 0 Å². The van der Waals surface area contributed by atoms with Crippen LogP contribution in [0.2, 0.25) is 0.0125 Å². The van der Waals surface area contributed by atoms with Gasteiger partial charge in [0, 0.05) is 0 Å². The zero-order valence-corrected chi connectivity index (χ0v) is 13.6. The van der Waals surface area contributed by atoms with Gasteiger partial charge in [-0.2, -0.15) is 0 Å². The van der Waals surface area contributed by atoms with Crippen LogP contribution < -0.4 is 0 Å². The maximum atomic E-state index is 2.37. The van der Waals surface area contributed by atoms with Gasteiger partial charge in [0.25, 0.3) is 0 Å². The van der Waals surface area contributed by atoms with Crippen LogP contribution in [0.5, 0.6) is 0 Å². The average molecular weight is 256 g/mol. The van der Waals surface area contributed by atoms with Gasteiger partial charge in [-0.25, -0.2) is 0 Å². The monoisotopic (exact) mass is 256 g/mol. The van der Waals surface area contributed by atoms with E-state index in [2.05, 4.69) is 72.8 Å². The van der Waals surface area contributed by atoms with Gasteiger partial charge in [0.2, 0.25) is 0 Å². The van der Waals surface area contributed by atoms with Crippen molar-refractivity contribution in [3.63, 3.8) is 0 Å². The zero-order valence-electron chi connectivity index (χ0n) is 10.5. The van der Waals surface area contributed by atoms with Crippen molar-refractivity contribution < 1.29 is 0 Å². The van der Waals surface area contributed by atoms with E-state index in [1.807, 2.05) is 0 Å². The molecule has 0 spiro atoms. The van der Waals surface area contributed by atoms with Crippen molar-refractivity contribution >= 4 is 60.1 Å². The first-order valence-electron chi connectivity index (χ1n) is 6.39. The van der Waals surface area contributed by atoms with Gasteiger partial charge in [-0.15, -0.1) is 0 Å². The Morgan fingerprint density at radius 3 is 1.89 bits per heavy atom. The number of allylic oxidation sites excluding steroid dienone is 4. The number of benzene rings is 2. The third-order valence-electron chi connectivity index (χ3n) is 3.47. The van der Waals surface area contributed by atoms with Crippen molar-refractivity contribution in [2.75, 3.05) is 0 Å². The quantitative estimate of drug-likeness (QED) is 0.709. The molecule has 0 fully saturated rings. The van der Waals surface area contributed by atoms with Crippen LogP contribution in [0.15, 0.2) is 72.8 Å². The molecule has 0 aromatic heterocycles. The minimum atomic E-state index is 0.676. The molecule has 0 amide bonds. The van der Waals surface area contributed by atoms with E-state index in [1.165, 1.54) is 22.3 Å². The third-order valence-corrected chi connectivity index (χ3v) is 4.97. The topological polar surface area (TPSA) is 0 Å². The van der Waals surface area contributed by atoms with Crippen LogP contribution in [0.3, 0.4) is 0 Å². The van der Waals surface area contributed by atoms with Crippen molar-refractivity contribution in [2.24, 2.45) is 0 Å². The van der Waals surface area contributed by atoms with Crippen molar-refractivity contribution in [3.05, 3.63) is 83.9 Å². The van der Waals surface area contributed by atoms with Gasteiger partial charge in [-0.1, -0.05) is 0 Å². The molecule has 1 heteroatoms. The molecule has 0 saturated carbocycles. The summed E-state index contributed by atoms with van der Waals surface area (Å²) in [5, 5.41) is 0. The molecular weight excluding hydrogens is 243 g/mol. The molecule has 82 valence electrons. The molecule has 2 aromatic carbocycles. The first-order chi connectivity index (χ1) is 8.86. The zero-order chi connectivity index (χ0) is 12.4. The molecule has 1 aliphatic rings. The summed E-state index contributed by atoms with van der Waals surface area (Å²) in [6.45, 7) is 0. The predicted molar refractivity (Wildman–Crippen MR) is 78.3 cm³/mol. The summed E-state index contributed by atoms with van der Waals surface area (Å²) >= 11 is 0.783. The van der Waals surface area contributed by atoms with Crippen molar-refractivity contribution in [3.8, 4) is 0 Å². The molecule has 0 N–H and O–H groups in total. The molecule has 0 bridgehead atoms. The van der Waals surface area contributed by atoms with E-state index >= 15 is 0 Å². The Morgan fingerprint density at radius 1 is 0.722 bits per heavy atom. The fourth-order valence-electron chi connectivity index (χ4n) is 2.58. The second-order valence-electron chi connectivity index (χ2n) is 4.71. The molecule has 18 heavy (non-hydrogen) atoms. The van der Waals surface area contributed by atoms with Crippen LogP contribution in [0.4, 0.5) is 0 Å². The maximum absolute atomic E-state index is 2.37. The summed E-state index contributed by atoms with van der Waals surface area (Å²) in [6.07, 6.45) is 4.66. The second-order valence-corrected chi connectivity index (χ2v) is 6.65. The molecule has 0 radical (unpaired) electrons. The van der Waals surface area contributed by atoms with E-state index in [0.717, 1.165) is 49.0 Å². The van der Waals surface area contributed by atoms with Crippen LogP contribution >= 0.6 is 0 Å². The molecular formula is C17H13K.